The summed E-state index contributed by atoms with van der Waals surface area (Å²) < 4.78 is 30.0. The minimum absolute atomic E-state index is 0.147. The van der Waals surface area contributed by atoms with Crippen LogP contribution in [0.25, 0.3) is 0 Å². The zero-order valence-corrected chi connectivity index (χ0v) is 10.4. The quantitative estimate of drug-likeness (QED) is 0.839. The summed E-state index contributed by atoms with van der Waals surface area (Å²) in [6.45, 7) is 2.55. The van der Waals surface area contributed by atoms with Crippen LogP contribution in [0, 0.1) is 5.92 Å². The Hall–Kier alpha value is -0.920. The van der Waals surface area contributed by atoms with Crippen LogP contribution in [-0.4, -0.2) is 42.2 Å². The van der Waals surface area contributed by atoms with Gasteiger partial charge < -0.3 is 9.63 Å². The first-order valence-corrected chi connectivity index (χ1v) is 7.15. The fourth-order valence-corrected chi connectivity index (χ4v) is 3.33. The molecule has 2 unspecified atom stereocenters. The van der Waals surface area contributed by atoms with Crippen molar-refractivity contribution in [1.82, 2.24) is 9.46 Å². The normalized spacial score (nSPS) is 27.2. The lowest BCUT2D eigenvalue weighted by atomic mass is 9.98. The molecule has 1 aromatic rings. The maximum absolute atomic E-state index is 12.0. The Morgan fingerprint density at radius 2 is 2.41 bits per heavy atom. The van der Waals surface area contributed by atoms with E-state index in [1.54, 1.807) is 0 Å². The molecular weight excluding hydrogens is 244 g/mol. The second-order valence-electron chi connectivity index (χ2n) is 4.44. The summed E-state index contributed by atoms with van der Waals surface area (Å²) in [6.07, 6.45) is 1.44. The molecule has 1 aliphatic heterocycles. The fraction of sp³-hybridized carbons (Fsp3) is 0.700. The maximum atomic E-state index is 12.0. The van der Waals surface area contributed by atoms with Gasteiger partial charge in [0.2, 0.25) is 10.0 Å². The number of sulfonamides is 1. The highest BCUT2D eigenvalue weighted by Crippen LogP contribution is 2.21. The number of piperidine rings is 1. The van der Waals surface area contributed by atoms with Crippen LogP contribution in [0.1, 0.15) is 19.0 Å². The number of aliphatic hydroxyl groups is 1. The molecule has 0 radical (unpaired) electrons. The molecule has 96 valence electrons. The average Bonchev–Trinajstić information content (AvgIpc) is 2.73. The highest BCUT2D eigenvalue weighted by Gasteiger charge is 2.32. The van der Waals surface area contributed by atoms with Gasteiger partial charge in [-0.3, -0.25) is 0 Å². The molecule has 7 heteroatoms. The van der Waals surface area contributed by atoms with Crippen molar-refractivity contribution >= 4 is 10.0 Å². The van der Waals surface area contributed by atoms with Gasteiger partial charge in [-0.1, -0.05) is 12.1 Å². The van der Waals surface area contributed by atoms with Crippen LogP contribution in [0.15, 0.2) is 16.9 Å². The summed E-state index contributed by atoms with van der Waals surface area (Å²) in [5.41, 5.74) is 0.387. The molecule has 0 aromatic carbocycles. The molecule has 1 aromatic heterocycles. The first-order chi connectivity index (χ1) is 7.99. The third kappa shape index (κ3) is 2.85. The number of rotatable bonds is 3. The summed E-state index contributed by atoms with van der Waals surface area (Å²) in [5, 5.41) is 13.3. The summed E-state index contributed by atoms with van der Waals surface area (Å²) in [6, 6.07) is 1.53. The Kier molecular flexibility index (Phi) is 3.50. The molecule has 1 aliphatic rings. The zero-order valence-electron chi connectivity index (χ0n) is 9.61. The summed E-state index contributed by atoms with van der Waals surface area (Å²) >= 11 is 0. The number of aromatic nitrogens is 1. The van der Waals surface area contributed by atoms with E-state index >= 15 is 0 Å². The van der Waals surface area contributed by atoms with Gasteiger partial charge in [-0.15, -0.1) is 0 Å². The highest BCUT2D eigenvalue weighted by atomic mass is 32.2. The van der Waals surface area contributed by atoms with Gasteiger partial charge in [0, 0.05) is 19.2 Å². The van der Waals surface area contributed by atoms with Crippen LogP contribution in [0.2, 0.25) is 0 Å². The van der Waals surface area contributed by atoms with E-state index in [-0.39, 0.29) is 18.2 Å². The number of β-amino-alcohol motifs (C(OH)–C–C–N with tert-alkyl or cyclic N) is 1. The molecule has 0 bridgehead atoms. The van der Waals surface area contributed by atoms with Crippen molar-refractivity contribution in [1.29, 1.82) is 0 Å². The average molecular weight is 260 g/mol. The molecule has 2 rings (SSSR count). The molecule has 1 N–H and O–H groups in total. The molecular formula is C10H16N2O4S. The summed E-state index contributed by atoms with van der Waals surface area (Å²) in [4.78, 5) is 0. The van der Waals surface area contributed by atoms with E-state index in [0.29, 0.717) is 18.7 Å². The van der Waals surface area contributed by atoms with E-state index < -0.39 is 16.1 Å². The molecule has 2 atom stereocenters. The smallest absolute Gasteiger partial charge is 0.220 e. The Morgan fingerprint density at radius 3 is 3.00 bits per heavy atom. The Balaban J connectivity index is 2.06. The van der Waals surface area contributed by atoms with Crippen molar-refractivity contribution < 1.29 is 18.0 Å². The molecule has 0 spiro atoms. The van der Waals surface area contributed by atoms with Crippen molar-refractivity contribution in [3.63, 3.8) is 0 Å². The van der Waals surface area contributed by atoms with E-state index in [4.69, 9.17) is 0 Å². The third-order valence-electron chi connectivity index (χ3n) is 3.10. The largest absolute Gasteiger partial charge is 0.391 e. The van der Waals surface area contributed by atoms with Crippen molar-refractivity contribution in [2.45, 2.75) is 25.2 Å². The molecule has 0 saturated carbocycles. The van der Waals surface area contributed by atoms with Crippen LogP contribution in [0.4, 0.5) is 0 Å². The van der Waals surface area contributed by atoms with E-state index in [9.17, 15) is 13.5 Å². The van der Waals surface area contributed by atoms with Crippen LogP contribution in [0.5, 0.6) is 0 Å². The van der Waals surface area contributed by atoms with E-state index in [2.05, 4.69) is 9.68 Å². The van der Waals surface area contributed by atoms with Gasteiger partial charge >= 0.3 is 0 Å². The van der Waals surface area contributed by atoms with Crippen molar-refractivity contribution in [2.75, 3.05) is 13.1 Å². The molecule has 0 aliphatic carbocycles. The Bertz CT molecular complexity index is 457. The van der Waals surface area contributed by atoms with Crippen molar-refractivity contribution in [3.05, 3.63) is 18.0 Å². The Morgan fingerprint density at radius 1 is 1.65 bits per heavy atom. The second kappa shape index (κ2) is 4.75. The lowest BCUT2D eigenvalue weighted by Gasteiger charge is -2.33. The molecule has 1 fully saturated rings. The monoisotopic (exact) mass is 260 g/mol. The lowest BCUT2D eigenvalue weighted by Crippen LogP contribution is -2.46. The van der Waals surface area contributed by atoms with Crippen LogP contribution < -0.4 is 0 Å². The SMILES string of the molecule is CC1CCN(S(=O)(=O)Cc2ccon2)CC1O. The van der Waals surface area contributed by atoms with E-state index in [1.807, 2.05) is 6.92 Å². The van der Waals surface area contributed by atoms with Gasteiger partial charge in [-0.25, -0.2) is 8.42 Å². The third-order valence-corrected chi connectivity index (χ3v) is 4.88. The summed E-state index contributed by atoms with van der Waals surface area (Å²) in [7, 11) is -3.41. The molecule has 1 saturated heterocycles. The number of aliphatic hydroxyl groups excluding tert-OH is 1. The van der Waals surface area contributed by atoms with E-state index in [0.717, 1.165) is 0 Å². The van der Waals surface area contributed by atoms with Gasteiger partial charge in [0.15, 0.2) is 0 Å². The predicted molar refractivity (Wildman–Crippen MR) is 60.5 cm³/mol. The predicted octanol–water partition coefficient (Wildman–Crippen LogP) is 0.207. The summed E-state index contributed by atoms with van der Waals surface area (Å²) in [5.74, 6) is -0.0292. The lowest BCUT2D eigenvalue weighted by molar-refractivity contribution is 0.0604. The maximum Gasteiger partial charge on any atom is 0.220 e. The molecule has 2 heterocycles. The first-order valence-electron chi connectivity index (χ1n) is 5.54. The number of nitrogens with zero attached hydrogens (tertiary/aromatic N) is 2. The zero-order chi connectivity index (χ0) is 12.5. The molecule has 17 heavy (non-hydrogen) atoms. The van der Waals surface area contributed by atoms with Gasteiger partial charge in [-0.2, -0.15) is 4.31 Å². The number of hydrogen-bond donors (Lipinski definition) is 1. The van der Waals surface area contributed by atoms with Gasteiger partial charge in [0.05, 0.1) is 11.8 Å². The first kappa shape index (κ1) is 12.5. The van der Waals surface area contributed by atoms with Crippen LogP contribution in [0.3, 0.4) is 0 Å². The second-order valence-corrected chi connectivity index (χ2v) is 6.41. The van der Waals surface area contributed by atoms with Crippen LogP contribution >= 0.6 is 0 Å². The van der Waals surface area contributed by atoms with Gasteiger partial charge in [-0.05, 0) is 12.3 Å². The topological polar surface area (TPSA) is 83.6 Å². The highest BCUT2D eigenvalue weighted by molar-refractivity contribution is 7.88. The van der Waals surface area contributed by atoms with E-state index in [1.165, 1.54) is 16.6 Å². The standard InChI is InChI=1S/C10H16N2O4S/c1-8-2-4-12(6-10(8)13)17(14,15)7-9-3-5-16-11-9/h3,5,8,10,13H,2,4,6-7H2,1H3. The van der Waals surface area contributed by atoms with Crippen LogP contribution in [-0.2, 0) is 15.8 Å². The molecule has 6 nitrogen and oxygen atoms in total. The van der Waals surface area contributed by atoms with Gasteiger partial charge in [0.1, 0.15) is 12.0 Å². The van der Waals surface area contributed by atoms with Crippen molar-refractivity contribution in [2.24, 2.45) is 5.92 Å². The number of hydrogen-bond acceptors (Lipinski definition) is 5. The fourth-order valence-electron chi connectivity index (χ4n) is 1.86. The van der Waals surface area contributed by atoms with Crippen molar-refractivity contribution in [3.8, 4) is 0 Å². The molecule has 0 amide bonds. The van der Waals surface area contributed by atoms with Gasteiger partial charge in [0.25, 0.3) is 0 Å². The minimum atomic E-state index is -3.41. The minimum Gasteiger partial charge on any atom is -0.391 e. The Labute approximate surface area is 100 Å².